The number of rotatable bonds is 7. The molecule has 5 heteroatoms. The van der Waals surface area contributed by atoms with Gasteiger partial charge in [0.15, 0.2) is 0 Å². The monoisotopic (exact) mass is 377 g/mol. The Balaban J connectivity index is 2.08. The number of hydrogen-bond donors (Lipinski definition) is 1. The molecule has 0 saturated carbocycles. The molecule has 1 heterocycles. The van der Waals surface area contributed by atoms with Crippen LogP contribution in [0.3, 0.4) is 0 Å². The molecule has 2 atom stereocenters. The van der Waals surface area contributed by atoms with Gasteiger partial charge < -0.3 is 5.11 Å². The highest BCUT2D eigenvalue weighted by Gasteiger charge is 2.27. The summed E-state index contributed by atoms with van der Waals surface area (Å²) in [5, 5.41) is 9.26. The number of halogens is 1. The Hall–Kier alpha value is -1.59. The number of carboxylic acid groups (broad SMARTS) is 1. The summed E-state index contributed by atoms with van der Waals surface area (Å²) in [6.45, 7) is 7.07. The Morgan fingerprint density at radius 2 is 2.19 bits per heavy atom. The molecule has 0 radical (unpaired) electrons. The van der Waals surface area contributed by atoms with E-state index in [1.165, 1.54) is 11.6 Å². The molecule has 1 aromatic carbocycles. The van der Waals surface area contributed by atoms with Crippen molar-refractivity contribution in [3.05, 3.63) is 58.9 Å². The van der Waals surface area contributed by atoms with E-state index < -0.39 is 11.8 Å². The average Bonchev–Trinajstić information content (AvgIpc) is 2.60. The molecular formula is C21H28FNO2S. The molecule has 0 amide bonds. The molecule has 0 bridgehead atoms. The summed E-state index contributed by atoms with van der Waals surface area (Å²) in [4.78, 5) is 10.8. The molecule has 26 heavy (non-hydrogen) atoms. The summed E-state index contributed by atoms with van der Waals surface area (Å²) in [5.41, 5.74) is 2.46. The minimum Gasteiger partial charge on any atom is -0.481 e. The van der Waals surface area contributed by atoms with E-state index in [-0.39, 0.29) is 12.0 Å². The van der Waals surface area contributed by atoms with Crippen LogP contribution in [0.2, 0.25) is 0 Å². The van der Waals surface area contributed by atoms with E-state index in [1.54, 1.807) is 6.07 Å². The van der Waals surface area contributed by atoms with Crippen molar-refractivity contribution in [2.45, 2.75) is 64.3 Å². The highest BCUT2D eigenvalue weighted by molar-refractivity contribution is 7.97. The van der Waals surface area contributed by atoms with E-state index in [4.69, 9.17) is 5.11 Å². The van der Waals surface area contributed by atoms with Crippen molar-refractivity contribution < 1.29 is 14.3 Å². The van der Waals surface area contributed by atoms with Gasteiger partial charge in [0, 0.05) is 17.8 Å². The molecule has 0 aromatic heterocycles. The van der Waals surface area contributed by atoms with E-state index >= 15 is 0 Å². The van der Waals surface area contributed by atoms with Gasteiger partial charge >= 0.3 is 5.97 Å². The third kappa shape index (κ3) is 5.71. The number of nitrogens with zero attached hydrogens (tertiary/aromatic N) is 1. The standard InChI is InChI=1S/C21H28FNO2S/c1-4-6-7-17(5-2)20-11-8-15(3)23(26-20)14-16-9-10-18(13-21(24)25)19(22)12-16/h5-7,9-10,12,15,20H,4,8,11,13-14H2,1-3H3,(H,24,25)/b7-6-,17-5+/t15-,20?/m0/s1. The van der Waals surface area contributed by atoms with Gasteiger partial charge in [-0.25, -0.2) is 8.70 Å². The maximum Gasteiger partial charge on any atom is 0.307 e. The molecule has 1 fully saturated rings. The number of allylic oxidation sites excluding steroid dienone is 3. The zero-order valence-corrected chi connectivity index (χ0v) is 16.6. The first-order valence-electron chi connectivity index (χ1n) is 9.19. The molecule has 1 saturated heterocycles. The van der Waals surface area contributed by atoms with Crippen LogP contribution in [0.1, 0.15) is 51.2 Å². The fourth-order valence-corrected chi connectivity index (χ4v) is 4.54. The lowest BCUT2D eigenvalue weighted by Gasteiger charge is -2.37. The summed E-state index contributed by atoms with van der Waals surface area (Å²) < 4.78 is 16.5. The Labute approximate surface area is 160 Å². The van der Waals surface area contributed by atoms with Crippen LogP contribution in [0.25, 0.3) is 0 Å². The van der Waals surface area contributed by atoms with Crippen molar-refractivity contribution in [3.63, 3.8) is 0 Å². The number of aliphatic carboxylic acids is 1. The fraction of sp³-hybridized carbons (Fsp3) is 0.476. The maximum atomic E-state index is 14.2. The van der Waals surface area contributed by atoms with Gasteiger partial charge in [0.25, 0.3) is 0 Å². The first-order chi connectivity index (χ1) is 12.4. The second-order valence-electron chi connectivity index (χ2n) is 6.69. The van der Waals surface area contributed by atoms with Gasteiger partial charge in [0.05, 0.1) is 6.42 Å². The smallest absolute Gasteiger partial charge is 0.307 e. The van der Waals surface area contributed by atoms with Crippen molar-refractivity contribution in [3.8, 4) is 0 Å². The van der Waals surface area contributed by atoms with E-state index in [0.717, 1.165) is 24.8 Å². The predicted octanol–water partition coefficient (Wildman–Crippen LogP) is 5.37. The van der Waals surface area contributed by atoms with Gasteiger partial charge in [0.1, 0.15) is 5.82 Å². The summed E-state index contributed by atoms with van der Waals surface area (Å²) >= 11 is 1.84. The molecule has 1 aliphatic heterocycles. The Morgan fingerprint density at radius 1 is 1.42 bits per heavy atom. The fourth-order valence-electron chi connectivity index (χ4n) is 3.10. The van der Waals surface area contributed by atoms with Gasteiger partial charge in [0.2, 0.25) is 0 Å². The molecule has 3 nitrogen and oxygen atoms in total. The lowest BCUT2D eigenvalue weighted by Crippen LogP contribution is -2.34. The quantitative estimate of drug-likeness (QED) is 0.512. The van der Waals surface area contributed by atoms with Gasteiger partial charge in [-0.15, -0.1) is 0 Å². The van der Waals surface area contributed by atoms with Crippen molar-refractivity contribution in [1.29, 1.82) is 0 Å². The number of carboxylic acids is 1. The van der Waals surface area contributed by atoms with Crippen LogP contribution in [0.4, 0.5) is 4.39 Å². The summed E-state index contributed by atoms with van der Waals surface area (Å²) in [6, 6.07) is 5.33. The number of carbonyl (C=O) groups is 1. The average molecular weight is 378 g/mol. The van der Waals surface area contributed by atoms with Crippen LogP contribution in [0.15, 0.2) is 42.0 Å². The highest BCUT2D eigenvalue weighted by atomic mass is 32.2. The minimum absolute atomic E-state index is 0.236. The van der Waals surface area contributed by atoms with Crippen LogP contribution >= 0.6 is 11.9 Å². The third-order valence-corrected chi connectivity index (χ3v) is 6.17. The molecule has 1 N–H and O–H groups in total. The molecule has 142 valence electrons. The maximum absolute atomic E-state index is 14.2. The first kappa shape index (κ1) is 20.7. The molecule has 0 aliphatic carbocycles. The second kappa shape index (κ2) is 9.93. The molecule has 1 aliphatic rings. The number of hydrogen-bond acceptors (Lipinski definition) is 3. The van der Waals surface area contributed by atoms with Crippen molar-refractivity contribution in [1.82, 2.24) is 4.31 Å². The number of benzene rings is 1. The van der Waals surface area contributed by atoms with E-state index in [9.17, 15) is 9.18 Å². The van der Waals surface area contributed by atoms with Crippen LogP contribution < -0.4 is 0 Å². The summed E-state index contributed by atoms with van der Waals surface area (Å²) in [5.74, 6) is -1.45. The van der Waals surface area contributed by atoms with Gasteiger partial charge in [-0.05, 0) is 55.9 Å². The Bertz CT molecular complexity index is 687. The predicted molar refractivity (Wildman–Crippen MR) is 107 cm³/mol. The Kier molecular flexibility index (Phi) is 7.91. The summed E-state index contributed by atoms with van der Waals surface area (Å²) in [7, 11) is 0. The Morgan fingerprint density at radius 3 is 2.81 bits per heavy atom. The molecular weight excluding hydrogens is 349 g/mol. The lowest BCUT2D eigenvalue weighted by molar-refractivity contribution is -0.136. The van der Waals surface area contributed by atoms with E-state index in [2.05, 4.69) is 43.3 Å². The SMILES string of the molecule is C/C=C(\C=C/CC)C1CC[C@H](C)N(Cc2ccc(CC(=O)O)c(F)c2)S1. The van der Waals surface area contributed by atoms with Crippen molar-refractivity contribution in [2.24, 2.45) is 0 Å². The normalized spacial score (nSPS) is 22.1. The van der Waals surface area contributed by atoms with Crippen LogP contribution in [0.5, 0.6) is 0 Å². The minimum atomic E-state index is -1.02. The topological polar surface area (TPSA) is 40.5 Å². The molecule has 0 spiro atoms. The third-order valence-electron chi connectivity index (χ3n) is 4.65. The van der Waals surface area contributed by atoms with Crippen LogP contribution in [0, 0.1) is 5.82 Å². The lowest BCUT2D eigenvalue weighted by atomic mass is 10.0. The van der Waals surface area contributed by atoms with Crippen molar-refractivity contribution in [2.75, 3.05) is 0 Å². The second-order valence-corrected chi connectivity index (χ2v) is 7.94. The first-order valence-corrected chi connectivity index (χ1v) is 10.0. The largest absolute Gasteiger partial charge is 0.481 e. The van der Waals surface area contributed by atoms with Gasteiger partial charge in [-0.3, -0.25) is 4.79 Å². The molecule has 1 aromatic rings. The van der Waals surface area contributed by atoms with Crippen LogP contribution in [-0.4, -0.2) is 26.7 Å². The van der Waals surface area contributed by atoms with Crippen molar-refractivity contribution >= 4 is 17.9 Å². The molecule has 1 unspecified atom stereocenters. The molecule has 2 rings (SSSR count). The van der Waals surface area contributed by atoms with Crippen LogP contribution in [-0.2, 0) is 17.8 Å². The van der Waals surface area contributed by atoms with Gasteiger partial charge in [-0.2, -0.15) is 0 Å². The zero-order chi connectivity index (χ0) is 19.1. The zero-order valence-electron chi connectivity index (χ0n) is 15.7. The van der Waals surface area contributed by atoms with E-state index in [1.807, 2.05) is 18.0 Å². The van der Waals surface area contributed by atoms with Gasteiger partial charge in [-0.1, -0.05) is 49.2 Å². The summed E-state index contributed by atoms with van der Waals surface area (Å²) in [6.07, 6.45) is 9.57. The van der Waals surface area contributed by atoms with E-state index in [0.29, 0.717) is 17.8 Å². The highest BCUT2D eigenvalue weighted by Crippen LogP contribution is 2.37.